The fraction of sp³-hybridized carbons (Fsp3) is 0.947. The SMILES string of the molecule is COCC1(CNC(=O)CSC23CC4CC(CC(C4)C2)C3)CCC1. The standard InChI is InChI=1S/C19H31NO2S/c1-22-13-18(3-2-4-18)12-20-17(21)11-23-19-8-14-5-15(9-19)7-16(6-14)10-19/h14-16H,2-13H2,1H3,(H,20,21). The van der Waals surface area contributed by atoms with Gasteiger partial charge >= 0.3 is 0 Å². The number of hydrogen-bond acceptors (Lipinski definition) is 3. The third-order valence-electron chi connectivity index (χ3n) is 7.02. The van der Waals surface area contributed by atoms with Gasteiger partial charge in [-0.25, -0.2) is 0 Å². The molecule has 5 rings (SSSR count). The van der Waals surface area contributed by atoms with E-state index >= 15 is 0 Å². The van der Waals surface area contributed by atoms with Crippen molar-refractivity contribution < 1.29 is 9.53 Å². The van der Waals surface area contributed by atoms with Crippen molar-refractivity contribution in [2.75, 3.05) is 26.0 Å². The van der Waals surface area contributed by atoms with Crippen LogP contribution in [0.2, 0.25) is 0 Å². The Bertz CT molecular complexity index is 425. The molecule has 0 saturated heterocycles. The smallest absolute Gasteiger partial charge is 0.230 e. The Labute approximate surface area is 144 Å². The molecular formula is C19H31NO2S. The molecular weight excluding hydrogens is 306 g/mol. The van der Waals surface area contributed by atoms with Crippen molar-refractivity contribution in [1.82, 2.24) is 5.32 Å². The third kappa shape index (κ3) is 3.30. The molecule has 130 valence electrons. The molecule has 1 amide bonds. The lowest BCUT2D eigenvalue weighted by molar-refractivity contribution is -0.119. The maximum Gasteiger partial charge on any atom is 0.230 e. The number of rotatable bonds is 7. The summed E-state index contributed by atoms with van der Waals surface area (Å²) in [4.78, 5) is 12.4. The zero-order valence-corrected chi connectivity index (χ0v) is 15.3. The molecule has 5 aliphatic carbocycles. The van der Waals surface area contributed by atoms with E-state index in [1.807, 2.05) is 11.8 Å². The van der Waals surface area contributed by atoms with E-state index in [0.29, 0.717) is 10.5 Å². The van der Waals surface area contributed by atoms with E-state index in [9.17, 15) is 4.79 Å². The molecule has 5 aliphatic rings. The molecule has 0 unspecified atom stereocenters. The van der Waals surface area contributed by atoms with E-state index in [2.05, 4.69) is 5.32 Å². The van der Waals surface area contributed by atoms with Crippen molar-refractivity contribution in [2.45, 2.75) is 62.5 Å². The summed E-state index contributed by atoms with van der Waals surface area (Å²) in [6.45, 7) is 1.59. The number of hydrogen-bond donors (Lipinski definition) is 1. The summed E-state index contributed by atoms with van der Waals surface area (Å²) in [6, 6.07) is 0. The number of methoxy groups -OCH3 is 1. The van der Waals surface area contributed by atoms with Crippen LogP contribution in [0.4, 0.5) is 0 Å². The molecule has 0 aliphatic heterocycles. The highest BCUT2D eigenvalue weighted by molar-refractivity contribution is 8.01. The minimum absolute atomic E-state index is 0.232. The van der Waals surface area contributed by atoms with Gasteiger partial charge in [0.15, 0.2) is 0 Å². The molecule has 0 radical (unpaired) electrons. The van der Waals surface area contributed by atoms with Crippen LogP contribution in [0.25, 0.3) is 0 Å². The Morgan fingerprint density at radius 3 is 2.22 bits per heavy atom. The quantitative estimate of drug-likeness (QED) is 0.771. The predicted molar refractivity (Wildman–Crippen MR) is 94.5 cm³/mol. The predicted octanol–water partition coefficient (Wildman–Crippen LogP) is 3.62. The number of carbonyl (C=O) groups is 1. The van der Waals surface area contributed by atoms with Gasteiger partial charge in [0.1, 0.15) is 0 Å². The van der Waals surface area contributed by atoms with E-state index in [-0.39, 0.29) is 11.3 Å². The van der Waals surface area contributed by atoms with E-state index in [1.165, 1.54) is 57.8 Å². The Hall–Kier alpha value is -0.220. The molecule has 5 fully saturated rings. The fourth-order valence-electron chi connectivity index (χ4n) is 6.12. The second kappa shape index (κ2) is 6.25. The lowest BCUT2D eigenvalue weighted by Gasteiger charge is -2.56. The molecule has 0 aromatic heterocycles. The van der Waals surface area contributed by atoms with E-state index < -0.39 is 0 Å². The van der Waals surface area contributed by atoms with Gasteiger partial charge in [-0.05, 0) is 69.1 Å². The minimum Gasteiger partial charge on any atom is -0.384 e. The first-order valence-electron chi connectivity index (χ1n) is 9.50. The van der Waals surface area contributed by atoms with Crippen LogP contribution in [0, 0.1) is 23.2 Å². The number of thioether (sulfide) groups is 1. The van der Waals surface area contributed by atoms with Gasteiger partial charge in [-0.1, -0.05) is 6.42 Å². The number of amides is 1. The van der Waals surface area contributed by atoms with Crippen LogP contribution in [0.15, 0.2) is 0 Å². The maximum atomic E-state index is 12.4. The second-order valence-corrected chi connectivity index (χ2v) is 10.4. The first kappa shape index (κ1) is 16.3. The molecule has 0 atom stereocenters. The average Bonchev–Trinajstić information content (AvgIpc) is 2.46. The lowest BCUT2D eigenvalue weighted by Crippen LogP contribution is -2.49. The summed E-state index contributed by atoms with van der Waals surface area (Å²) < 4.78 is 5.80. The highest BCUT2D eigenvalue weighted by atomic mass is 32.2. The van der Waals surface area contributed by atoms with Crippen molar-refractivity contribution in [1.29, 1.82) is 0 Å². The Kier molecular flexibility index (Phi) is 4.42. The number of nitrogens with one attached hydrogen (secondary N) is 1. The third-order valence-corrected chi connectivity index (χ3v) is 8.54. The van der Waals surface area contributed by atoms with Crippen molar-refractivity contribution >= 4 is 17.7 Å². The maximum absolute atomic E-state index is 12.4. The highest BCUT2D eigenvalue weighted by Crippen LogP contribution is 2.60. The Morgan fingerprint density at radius 2 is 1.74 bits per heavy atom. The van der Waals surface area contributed by atoms with Crippen LogP contribution in [-0.4, -0.2) is 36.7 Å². The van der Waals surface area contributed by atoms with Crippen LogP contribution in [0.5, 0.6) is 0 Å². The molecule has 0 heterocycles. The molecule has 1 N–H and O–H groups in total. The first-order valence-corrected chi connectivity index (χ1v) is 10.5. The van der Waals surface area contributed by atoms with Crippen molar-refractivity contribution in [3.8, 4) is 0 Å². The molecule has 0 aromatic rings. The van der Waals surface area contributed by atoms with Crippen molar-refractivity contribution in [3.63, 3.8) is 0 Å². The van der Waals surface area contributed by atoms with Crippen LogP contribution < -0.4 is 5.32 Å². The summed E-state index contributed by atoms with van der Waals surface area (Å²) in [5.41, 5.74) is 0.232. The van der Waals surface area contributed by atoms with Crippen LogP contribution in [-0.2, 0) is 9.53 Å². The van der Waals surface area contributed by atoms with Crippen LogP contribution >= 0.6 is 11.8 Å². The molecule has 4 heteroatoms. The number of ether oxygens (including phenoxy) is 1. The van der Waals surface area contributed by atoms with Gasteiger partial charge in [-0.3, -0.25) is 4.79 Å². The summed E-state index contributed by atoms with van der Waals surface area (Å²) in [5.74, 6) is 3.81. The summed E-state index contributed by atoms with van der Waals surface area (Å²) in [7, 11) is 1.77. The second-order valence-electron chi connectivity index (χ2n) is 8.95. The van der Waals surface area contributed by atoms with Gasteiger partial charge in [0, 0.05) is 23.8 Å². The van der Waals surface area contributed by atoms with Crippen LogP contribution in [0.3, 0.4) is 0 Å². The van der Waals surface area contributed by atoms with Crippen LogP contribution in [0.1, 0.15) is 57.8 Å². The average molecular weight is 338 g/mol. The zero-order valence-electron chi connectivity index (χ0n) is 14.4. The summed E-state index contributed by atoms with van der Waals surface area (Å²) in [5, 5.41) is 3.20. The molecule has 4 bridgehead atoms. The Morgan fingerprint density at radius 1 is 1.13 bits per heavy atom. The monoisotopic (exact) mass is 337 g/mol. The van der Waals surface area contributed by atoms with E-state index in [1.54, 1.807) is 7.11 Å². The molecule has 23 heavy (non-hydrogen) atoms. The molecule has 3 nitrogen and oxygen atoms in total. The van der Waals surface area contributed by atoms with Gasteiger partial charge in [0.05, 0.1) is 12.4 Å². The fourth-order valence-corrected chi connectivity index (χ4v) is 7.72. The van der Waals surface area contributed by atoms with Gasteiger partial charge < -0.3 is 10.1 Å². The largest absolute Gasteiger partial charge is 0.384 e. The minimum atomic E-state index is 0.232. The molecule has 5 saturated carbocycles. The highest BCUT2D eigenvalue weighted by Gasteiger charge is 2.51. The van der Waals surface area contributed by atoms with Gasteiger partial charge in [-0.15, -0.1) is 11.8 Å². The molecule has 0 spiro atoms. The van der Waals surface area contributed by atoms with Crippen molar-refractivity contribution in [3.05, 3.63) is 0 Å². The normalized spacial score (nSPS) is 40.0. The lowest BCUT2D eigenvalue weighted by atomic mass is 9.56. The van der Waals surface area contributed by atoms with E-state index in [0.717, 1.165) is 30.9 Å². The summed E-state index contributed by atoms with van der Waals surface area (Å²) in [6.07, 6.45) is 12.2. The topological polar surface area (TPSA) is 38.3 Å². The van der Waals surface area contributed by atoms with Gasteiger partial charge in [0.25, 0.3) is 0 Å². The Balaban J connectivity index is 1.25. The molecule has 0 aromatic carbocycles. The van der Waals surface area contributed by atoms with Gasteiger partial charge in [0.2, 0.25) is 5.91 Å². The number of carbonyl (C=O) groups excluding carboxylic acids is 1. The van der Waals surface area contributed by atoms with Crippen molar-refractivity contribution in [2.24, 2.45) is 23.2 Å². The zero-order chi connectivity index (χ0) is 15.9. The van der Waals surface area contributed by atoms with Gasteiger partial charge in [-0.2, -0.15) is 0 Å². The first-order chi connectivity index (χ1) is 11.1. The summed E-state index contributed by atoms with van der Waals surface area (Å²) >= 11 is 1.99. The van der Waals surface area contributed by atoms with E-state index in [4.69, 9.17) is 4.74 Å².